The van der Waals surface area contributed by atoms with Crippen molar-refractivity contribution in [3.8, 4) is 0 Å². The Labute approximate surface area is 112 Å². The van der Waals surface area contributed by atoms with E-state index in [-0.39, 0.29) is 17.6 Å². The lowest BCUT2D eigenvalue weighted by molar-refractivity contribution is -0.153. The first-order valence-corrected chi connectivity index (χ1v) is 6.48. The first-order valence-electron chi connectivity index (χ1n) is 6.48. The van der Waals surface area contributed by atoms with Gasteiger partial charge < -0.3 is 19.3 Å². The van der Waals surface area contributed by atoms with Crippen LogP contribution in [0.15, 0.2) is 10.6 Å². The van der Waals surface area contributed by atoms with Gasteiger partial charge in [0, 0.05) is 19.0 Å². The molecule has 6 nitrogen and oxygen atoms in total. The van der Waals surface area contributed by atoms with Crippen LogP contribution >= 0.6 is 0 Å². The number of carbonyl (C=O) groups is 1. The van der Waals surface area contributed by atoms with E-state index in [1.807, 2.05) is 13.8 Å². The summed E-state index contributed by atoms with van der Waals surface area (Å²) in [6.07, 6.45) is 0.739. The van der Waals surface area contributed by atoms with E-state index in [1.54, 1.807) is 13.0 Å². The van der Waals surface area contributed by atoms with E-state index in [0.717, 1.165) is 6.42 Å². The molecule has 1 N–H and O–H groups in total. The molecule has 1 aliphatic rings. The lowest BCUT2D eigenvalue weighted by Crippen LogP contribution is -2.34. The number of ether oxygens (including phenoxy) is 2. The lowest BCUT2D eigenvalue weighted by Gasteiger charge is -2.25. The molecule has 1 saturated heterocycles. The number of hydrogen-bond donors (Lipinski definition) is 1. The summed E-state index contributed by atoms with van der Waals surface area (Å²) in [5.74, 6) is -0.279. The number of carbonyl (C=O) groups excluding carboxylic acids is 1. The Morgan fingerprint density at radius 1 is 1.53 bits per heavy atom. The Kier molecular flexibility index (Phi) is 4.21. The molecule has 0 unspecified atom stereocenters. The van der Waals surface area contributed by atoms with Crippen molar-refractivity contribution >= 4 is 5.91 Å². The molecule has 0 aliphatic carbocycles. The fraction of sp³-hybridized carbons (Fsp3) is 0.692. The maximum absolute atomic E-state index is 11.8. The van der Waals surface area contributed by atoms with Crippen LogP contribution in [-0.2, 0) is 9.47 Å². The summed E-state index contributed by atoms with van der Waals surface area (Å²) >= 11 is 0. The molecule has 2 rings (SSSR count). The molecular formula is C13H20N2O4. The van der Waals surface area contributed by atoms with Crippen molar-refractivity contribution in [2.45, 2.75) is 33.0 Å². The van der Waals surface area contributed by atoms with E-state index in [4.69, 9.17) is 14.0 Å². The van der Waals surface area contributed by atoms with Gasteiger partial charge in [-0.05, 0) is 19.8 Å². The number of rotatable bonds is 5. The Balaban J connectivity index is 1.77. The van der Waals surface area contributed by atoms with Gasteiger partial charge in [0.2, 0.25) is 5.76 Å². The van der Waals surface area contributed by atoms with Crippen molar-refractivity contribution in [2.75, 3.05) is 19.8 Å². The zero-order chi connectivity index (χ0) is 13.9. The van der Waals surface area contributed by atoms with Crippen molar-refractivity contribution in [1.29, 1.82) is 0 Å². The lowest BCUT2D eigenvalue weighted by atomic mass is 10.0. The molecule has 6 heteroatoms. The van der Waals surface area contributed by atoms with E-state index in [0.29, 0.717) is 25.5 Å². The van der Waals surface area contributed by atoms with E-state index in [1.165, 1.54) is 0 Å². The smallest absolute Gasteiger partial charge is 0.289 e. The fourth-order valence-corrected chi connectivity index (χ4v) is 2.20. The Hall–Kier alpha value is -1.40. The first kappa shape index (κ1) is 14.0. The standard InChI is InChI=1S/C13H20N2O4/c1-9(7-13(3)17-4-5-18-13)8-14-12(16)11-6-10(2)15-19-11/h6,9H,4-5,7-8H2,1-3H3,(H,14,16)/t9-/m1/s1. The van der Waals surface area contributed by atoms with Crippen molar-refractivity contribution in [3.63, 3.8) is 0 Å². The SMILES string of the molecule is Cc1cc(C(=O)NC[C@H](C)CC2(C)OCCO2)on1. The Bertz CT molecular complexity index is 438. The molecule has 0 bridgehead atoms. The van der Waals surface area contributed by atoms with Gasteiger partial charge in [-0.25, -0.2) is 0 Å². The predicted octanol–water partition coefficient (Wildman–Crippen LogP) is 1.50. The molecule has 1 aromatic heterocycles. The highest BCUT2D eigenvalue weighted by Gasteiger charge is 2.32. The molecule has 0 aromatic carbocycles. The second kappa shape index (κ2) is 5.71. The van der Waals surface area contributed by atoms with Crippen LogP contribution in [0.1, 0.15) is 36.5 Å². The topological polar surface area (TPSA) is 73.6 Å². The predicted molar refractivity (Wildman–Crippen MR) is 67.7 cm³/mol. The maximum Gasteiger partial charge on any atom is 0.289 e. The van der Waals surface area contributed by atoms with E-state index in [2.05, 4.69) is 10.5 Å². The van der Waals surface area contributed by atoms with Crippen LogP contribution in [0.3, 0.4) is 0 Å². The average Bonchev–Trinajstić information content (AvgIpc) is 2.95. The van der Waals surface area contributed by atoms with E-state index >= 15 is 0 Å². The highest BCUT2D eigenvalue weighted by molar-refractivity contribution is 5.91. The summed E-state index contributed by atoms with van der Waals surface area (Å²) in [4.78, 5) is 11.8. The van der Waals surface area contributed by atoms with Gasteiger partial charge >= 0.3 is 0 Å². The van der Waals surface area contributed by atoms with E-state index < -0.39 is 5.79 Å². The van der Waals surface area contributed by atoms with Crippen LogP contribution in [0.25, 0.3) is 0 Å². The second-order valence-electron chi connectivity index (χ2n) is 5.18. The largest absolute Gasteiger partial charge is 0.351 e. The summed E-state index contributed by atoms with van der Waals surface area (Å²) in [5.41, 5.74) is 0.693. The van der Waals surface area contributed by atoms with Crippen LogP contribution in [0.5, 0.6) is 0 Å². The van der Waals surface area contributed by atoms with Crippen LogP contribution in [-0.4, -0.2) is 36.6 Å². The van der Waals surface area contributed by atoms with Crippen LogP contribution in [0.2, 0.25) is 0 Å². The molecule has 1 aliphatic heterocycles. The third-order valence-electron chi connectivity index (χ3n) is 3.08. The molecule has 1 aromatic rings. The monoisotopic (exact) mass is 268 g/mol. The quantitative estimate of drug-likeness (QED) is 0.876. The minimum absolute atomic E-state index is 0.240. The zero-order valence-electron chi connectivity index (χ0n) is 11.6. The van der Waals surface area contributed by atoms with Crippen molar-refractivity contribution in [2.24, 2.45) is 5.92 Å². The molecule has 0 saturated carbocycles. The molecule has 2 heterocycles. The van der Waals surface area contributed by atoms with Crippen LogP contribution in [0.4, 0.5) is 0 Å². The number of aromatic nitrogens is 1. The maximum atomic E-state index is 11.8. The molecule has 1 atom stereocenters. The number of nitrogens with zero attached hydrogens (tertiary/aromatic N) is 1. The summed E-state index contributed by atoms with van der Waals surface area (Å²) in [6.45, 7) is 7.56. The van der Waals surface area contributed by atoms with Gasteiger partial charge in [-0.1, -0.05) is 12.1 Å². The van der Waals surface area contributed by atoms with Gasteiger partial charge in [0.1, 0.15) is 0 Å². The van der Waals surface area contributed by atoms with Crippen molar-refractivity contribution in [3.05, 3.63) is 17.5 Å². The van der Waals surface area contributed by atoms with Gasteiger partial charge in [0.25, 0.3) is 5.91 Å². The van der Waals surface area contributed by atoms with Crippen molar-refractivity contribution < 1.29 is 18.8 Å². The van der Waals surface area contributed by atoms with Crippen LogP contribution < -0.4 is 5.32 Å². The fourth-order valence-electron chi connectivity index (χ4n) is 2.20. The Morgan fingerprint density at radius 2 is 2.21 bits per heavy atom. The molecule has 1 fully saturated rings. The van der Waals surface area contributed by atoms with Gasteiger partial charge in [-0.15, -0.1) is 0 Å². The summed E-state index contributed by atoms with van der Waals surface area (Å²) in [7, 11) is 0. The van der Waals surface area contributed by atoms with E-state index in [9.17, 15) is 4.79 Å². The second-order valence-corrected chi connectivity index (χ2v) is 5.18. The first-order chi connectivity index (χ1) is 8.98. The number of hydrogen-bond acceptors (Lipinski definition) is 5. The van der Waals surface area contributed by atoms with Gasteiger partial charge in [0.15, 0.2) is 5.79 Å². The molecule has 106 valence electrons. The molecule has 0 spiro atoms. The number of amides is 1. The molecule has 0 radical (unpaired) electrons. The third kappa shape index (κ3) is 3.78. The third-order valence-corrected chi connectivity index (χ3v) is 3.08. The summed E-state index contributed by atoms with van der Waals surface area (Å²) in [6, 6.07) is 1.62. The average molecular weight is 268 g/mol. The van der Waals surface area contributed by atoms with Gasteiger partial charge in [0.05, 0.1) is 18.9 Å². The number of aryl methyl sites for hydroxylation is 1. The minimum Gasteiger partial charge on any atom is -0.351 e. The highest BCUT2D eigenvalue weighted by Crippen LogP contribution is 2.26. The Morgan fingerprint density at radius 3 is 2.79 bits per heavy atom. The molecule has 1 amide bonds. The molecule has 19 heavy (non-hydrogen) atoms. The van der Waals surface area contributed by atoms with Gasteiger partial charge in [-0.2, -0.15) is 0 Å². The molecular weight excluding hydrogens is 248 g/mol. The highest BCUT2D eigenvalue weighted by atomic mass is 16.7. The summed E-state index contributed by atoms with van der Waals surface area (Å²) in [5, 5.41) is 6.50. The normalized spacial score (nSPS) is 19.3. The minimum atomic E-state index is -0.521. The van der Waals surface area contributed by atoms with Gasteiger partial charge in [-0.3, -0.25) is 4.79 Å². The number of nitrogens with one attached hydrogen (secondary N) is 1. The summed E-state index contributed by atoms with van der Waals surface area (Å²) < 4.78 is 16.0. The van der Waals surface area contributed by atoms with Crippen LogP contribution in [0, 0.1) is 12.8 Å². The van der Waals surface area contributed by atoms with Crippen molar-refractivity contribution in [1.82, 2.24) is 10.5 Å². The zero-order valence-corrected chi connectivity index (χ0v) is 11.6.